The highest BCUT2D eigenvalue weighted by molar-refractivity contribution is 6.30. The zero-order chi connectivity index (χ0) is 13.0. The first-order chi connectivity index (χ1) is 8.70. The first-order valence-electron chi connectivity index (χ1n) is 5.41. The van der Waals surface area contributed by atoms with Crippen LogP contribution in [-0.2, 0) is 13.2 Å². The lowest BCUT2D eigenvalue weighted by molar-refractivity contribution is 0.276. The van der Waals surface area contributed by atoms with Crippen molar-refractivity contribution in [3.63, 3.8) is 0 Å². The van der Waals surface area contributed by atoms with Gasteiger partial charge in [-0.2, -0.15) is 0 Å². The van der Waals surface area contributed by atoms with Gasteiger partial charge in [-0.05, 0) is 23.8 Å². The summed E-state index contributed by atoms with van der Waals surface area (Å²) in [5, 5.41) is 0.646. The number of nitrogens with zero attached hydrogens (tertiary/aromatic N) is 1. The van der Waals surface area contributed by atoms with Crippen molar-refractivity contribution in [1.29, 1.82) is 0 Å². The molecule has 2 aromatic rings. The highest BCUT2D eigenvalue weighted by atomic mass is 35.5. The number of pyridine rings is 1. The topological polar surface area (TPSA) is 48.1 Å². The predicted octanol–water partition coefficient (Wildman–Crippen LogP) is 2.91. The number of hydrogen-bond donors (Lipinski definition) is 1. The lowest BCUT2D eigenvalue weighted by Gasteiger charge is -2.08. The van der Waals surface area contributed by atoms with E-state index in [4.69, 9.17) is 22.1 Å². The van der Waals surface area contributed by atoms with Crippen LogP contribution in [0.2, 0.25) is 5.02 Å². The summed E-state index contributed by atoms with van der Waals surface area (Å²) in [6.07, 6.45) is 1.47. The Bertz CT molecular complexity index is 531. The van der Waals surface area contributed by atoms with E-state index in [-0.39, 0.29) is 19.0 Å². The first kappa shape index (κ1) is 12.8. The highest BCUT2D eigenvalue weighted by Gasteiger charge is 2.09. The van der Waals surface area contributed by atoms with E-state index < -0.39 is 5.82 Å². The Morgan fingerprint density at radius 1 is 1.22 bits per heavy atom. The Kier molecular flexibility index (Phi) is 4.12. The molecule has 5 heteroatoms. The monoisotopic (exact) mass is 266 g/mol. The Hall–Kier alpha value is -1.65. The third kappa shape index (κ3) is 2.97. The number of ether oxygens (including phenoxy) is 1. The smallest absolute Gasteiger partial charge is 0.251 e. The average molecular weight is 267 g/mol. The summed E-state index contributed by atoms with van der Waals surface area (Å²) in [6, 6.07) is 8.66. The van der Waals surface area contributed by atoms with Crippen LogP contribution in [0.5, 0.6) is 5.88 Å². The van der Waals surface area contributed by atoms with Crippen LogP contribution in [-0.4, -0.2) is 4.98 Å². The van der Waals surface area contributed by atoms with E-state index in [0.717, 1.165) is 5.56 Å². The Labute approximate surface area is 109 Å². The molecule has 3 nitrogen and oxygen atoms in total. The average Bonchev–Trinajstić information content (AvgIpc) is 2.39. The van der Waals surface area contributed by atoms with E-state index in [9.17, 15) is 4.39 Å². The largest absolute Gasteiger partial charge is 0.471 e. The molecule has 0 atom stereocenters. The second-order valence-corrected chi connectivity index (χ2v) is 4.14. The fourth-order valence-corrected chi connectivity index (χ4v) is 1.58. The van der Waals surface area contributed by atoms with Crippen LogP contribution in [0.1, 0.15) is 11.1 Å². The van der Waals surface area contributed by atoms with Gasteiger partial charge in [0.15, 0.2) is 5.82 Å². The zero-order valence-electron chi connectivity index (χ0n) is 9.57. The van der Waals surface area contributed by atoms with E-state index >= 15 is 0 Å². The van der Waals surface area contributed by atoms with Crippen LogP contribution in [0.4, 0.5) is 4.39 Å². The maximum Gasteiger partial charge on any atom is 0.251 e. The molecule has 2 rings (SSSR count). The molecule has 0 saturated heterocycles. The van der Waals surface area contributed by atoms with E-state index in [1.165, 1.54) is 12.3 Å². The molecule has 1 heterocycles. The molecule has 0 fully saturated rings. The van der Waals surface area contributed by atoms with Gasteiger partial charge in [-0.25, -0.2) is 9.37 Å². The molecule has 0 saturated carbocycles. The van der Waals surface area contributed by atoms with Gasteiger partial charge in [0.2, 0.25) is 0 Å². The molecule has 0 aliphatic carbocycles. The fourth-order valence-electron chi connectivity index (χ4n) is 1.45. The molecule has 1 aromatic heterocycles. The maximum atomic E-state index is 13.8. The van der Waals surface area contributed by atoms with Crippen molar-refractivity contribution in [2.24, 2.45) is 5.73 Å². The molecule has 1 aromatic carbocycles. The molecule has 0 bridgehead atoms. The summed E-state index contributed by atoms with van der Waals surface area (Å²) >= 11 is 5.77. The fraction of sp³-hybridized carbons (Fsp3) is 0.154. The normalized spacial score (nSPS) is 10.4. The second-order valence-electron chi connectivity index (χ2n) is 3.71. The van der Waals surface area contributed by atoms with Crippen molar-refractivity contribution in [1.82, 2.24) is 4.98 Å². The molecule has 0 amide bonds. The van der Waals surface area contributed by atoms with Gasteiger partial charge in [-0.1, -0.05) is 23.7 Å². The highest BCUT2D eigenvalue weighted by Crippen LogP contribution is 2.18. The van der Waals surface area contributed by atoms with Gasteiger partial charge in [0.25, 0.3) is 5.88 Å². The minimum absolute atomic E-state index is 0.0344. The van der Waals surface area contributed by atoms with Crippen molar-refractivity contribution in [3.05, 3.63) is 58.5 Å². The summed E-state index contributed by atoms with van der Waals surface area (Å²) in [5.41, 5.74) is 6.68. The summed E-state index contributed by atoms with van der Waals surface area (Å²) in [4.78, 5) is 3.84. The van der Waals surface area contributed by atoms with Gasteiger partial charge in [-0.15, -0.1) is 0 Å². The molecular formula is C13H12ClFN2O. The minimum Gasteiger partial charge on any atom is -0.471 e. The number of halogens is 2. The van der Waals surface area contributed by atoms with Crippen molar-refractivity contribution in [3.8, 4) is 5.88 Å². The molecular weight excluding hydrogens is 255 g/mol. The number of benzene rings is 1. The molecule has 0 unspecified atom stereocenters. The van der Waals surface area contributed by atoms with Crippen LogP contribution in [0.25, 0.3) is 0 Å². The van der Waals surface area contributed by atoms with E-state index in [1.807, 2.05) is 12.1 Å². The van der Waals surface area contributed by atoms with Gasteiger partial charge in [0.1, 0.15) is 6.61 Å². The van der Waals surface area contributed by atoms with Crippen LogP contribution in [0.15, 0.2) is 36.5 Å². The molecule has 2 N–H and O–H groups in total. The summed E-state index contributed by atoms with van der Waals surface area (Å²) in [7, 11) is 0. The van der Waals surface area contributed by atoms with Crippen molar-refractivity contribution >= 4 is 11.6 Å². The van der Waals surface area contributed by atoms with Crippen LogP contribution >= 0.6 is 11.6 Å². The van der Waals surface area contributed by atoms with Gasteiger partial charge in [-0.3, -0.25) is 0 Å². The number of hydrogen-bond acceptors (Lipinski definition) is 3. The Morgan fingerprint density at radius 3 is 2.61 bits per heavy atom. The molecule has 94 valence electrons. The van der Waals surface area contributed by atoms with E-state index in [2.05, 4.69) is 4.98 Å². The van der Waals surface area contributed by atoms with Crippen LogP contribution in [0, 0.1) is 5.82 Å². The Morgan fingerprint density at radius 2 is 1.94 bits per heavy atom. The van der Waals surface area contributed by atoms with Crippen molar-refractivity contribution in [2.45, 2.75) is 13.2 Å². The number of rotatable bonds is 4. The number of nitrogens with two attached hydrogens (primary N) is 1. The minimum atomic E-state index is -0.506. The van der Waals surface area contributed by atoms with Crippen LogP contribution < -0.4 is 10.5 Å². The molecule has 0 aliphatic heterocycles. The zero-order valence-corrected chi connectivity index (χ0v) is 10.3. The van der Waals surface area contributed by atoms with Gasteiger partial charge in [0, 0.05) is 23.3 Å². The summed E-state index contributed by atoms with van der Waals surface area (Å²) in [6.45, 7) is 0.348. The molecule has 18 heavy (non-hydrogen) atoms. The first-order valence-corrected chi connectivity index (χ1v) is 5.79. The number of aromatic nitrogens is 1. The standard InChI is InChI=1S/C13H12ClFN2O/c14-11-3-1-9(2-4-11)8-18-13-12(15)10(7-16)5-6-17-13/h1-6H,7-8,16H2. The van der Waals surface area contributed by atoms with Crippen molar-refractivity contribution < 1.29 is 9.13 Å². The van der Waals surface area contributed by atoms with E-state index in [0.29, 0.717) is 10.6 Å². The molecule has 0 radical (unpaired) electrons. The second kappa shape index (κ2) is 5.80. The van der Waals surface area contributed by atoms with Crippen LogP contribution in [0.3, 0.4) is 0 Å². The van der Waals surface area contributed by atoms with Gasteiger partial charge >= 0.3 is 0 Å². The molecule has 0 aliphatic rings. The van der Waals surface area contributed by atoms with E-state index in [1.54, 1.807) is 12.1 Å². The van der Waals surface area contributed by atoms with Gasteiger partial charge in [0.05, 0.1) is 0 Å². The quantitative estimate of drug-likeness (QED) is 0.926. The SMILES string of the molecule is NCc1ccnc(OCc2ccc(Cl)cc2)c1F. The molecule has 0 spiro atoms. The lowest BCUT2D eigenvalue weighted by Crippen LogP contribution is -2.05. The summed E-state index contributed by atoms with van der Waals surface area (Å²) < 4.78 is 19.1. The predicted molar refractivity (Wildman–Crippen MR) is 67.9 cm³/mol. The lowest BCUT2D eigenvalue weighted by atomic mass is 10.2. The summed E-state index contributed by atoms with van der Waals surface area (Å²) in [5.74, 6) is -0.540. The third-order valence-corrected chi connectivity index (χ3v) is 2.70. The van der Waals surface area contributed by atoms with Crippen molar-refractivity contribution in [2.75, 3.05) is 0 Å². The van der Waals surface area contributed by atoms with Gasteiger partial charge < -0.3 is 10.5 Å². The maximum absolute atomic E-state index is 13.8. The Balaban J connectivity index is 2.08. The third-order valence-electron chi connectivity index (χ3n) is 2.45.